The number of H-pyrrole nitrogens is 1. The summed E-state index contributed by atoms with van der Waals surface area (Å²) >= 11 is 5.33. The lowest BCUT2D eigenvalue weighted by molar-refractivity contribution is 0.0931. The van der Waals surface area contributed by atoms with Gasteiger partial charge in [0.05, 0.1) is 0 Å². The van der Waals surface area contributed by atoms with E-state index >= 15 is 0 Å². The molecule has 25 heavy (non-hydrogen) atoms. The van der Waals surface area contributed by atoms with Gasteiger partial charge in [-0.05, 0) is 49.7 Å². The van der Waals surface area contributed by atoms with Gasteiger partial charge in [-0.25, -0.2) is 0 Å². The van der Waals surface area contributed by atoms with Crippen LogP contribution in [0.25, 0.3) is 5.69 Å². The Hall–Kier alpha value is -2.66. The van der Waals surface area contributed by atoms with Crippen molar-refractivity contribution in [2.24, 2.45) is 0 Å². The predicted molar refractivity (Wildman–Crippen MR) is 103 cm³/mol. The summed E-state index contributed by atoms with van der Waals surface area (Å²) in [6, 6.07) is 20.0. The standard InChI is InChI=1S/C20H21N3OS/c1-15(12-13-16-8-4-2-5-9-16)22-19(24)18-14-21-20(25)23(18)17-10-6-3-7-11-17/h2-11,14-15H,12-13H2,1H3,(H,21,25)(H,22,24)/t15-/m0/s1. The molecule has 128 valence electrons. The molecule has 0 aliphatic heterocycles. The Labute approximate surface area is 152 Å². The molecular formula is C20H21N3OS. The molecular weight excluding hydrogens is 330 g/mol. The molecule has 0 fully saturated rings. The Morgan fingerprint density at radius 3 is 2.44 bits per heavy atom. The van der Waals surface area contributed by atoms with Gasteiger partial charge < -0.3 is 10.3 Å². The van der Waals surface area contributed by atoms with Gasteiger partial charge in [0.25, 0.3) is 5.91 Å². The zero-order valence-corrected chi connectivity index (χ0v) is 14.9. The summed E-state index contributed by atoms with van der Waals surface area (Å²) in [5, 5.41) is 3.06. The molecule has 1 amide bonds. The highest BCUT2D eigenvalue weighted by molar-refractivity contribution is 7.71. The van der Waals surface area contributed by atoms with Crippen molar-refractivity contribution in [3.05, 3.63) is 82.9 Å². The number of hydrogen-bond acceptors (Lipinski definition) is 2. The van der Waals surface area contributed by atoms with Crippen molar-refractivity contribution in [3.63, 3.8) is 0 Å². The maximum atomic E-state index is 12.7. The molecule has 0 radical (unpaired) electrons. The van der Waals surface area contributed by atoms with E-state index in [1.807, 2.05) is 55.5 Å². The Kier molecular flexibility index (Phi) is 5.46. The minimum atomic E-state index is -0.128. The predicted octanol–water partition coefficient (Wildman–Crippen LogP) is 4.29. The quantitative estimate of drug-likeness (QED) is 0.651. The van der Waals surface area contributed by atoms with Crippen molar-refractivity contribution < 1.29 is 4.79 Å². The van der Waals surface area contributed by atoms with Crippen molar-refractivity contribution in [1.82, 2.24) is 14.9 Å². The number of aromatic nitrogens is 2. The van der Waals surface area contributed by atoms with Crippen LogP contribution in [0.3, 0.4) is 0 Å². The largest absolute Gasteiger partial charge is 0.348 e. The monoisotopic (exact) mass is 351 g/mol. The molecule has 4 nitrogen and oxygen atoms in total. The first-order valence-corrected chi connectivity index (χ1v) is 8.76. The molecule has 0 aliphatic carbocycles. The van der Waals surface area contributed by atoms with E-state index in [9.17, 15) is 4.79 Å². The van der Waals surface area contributed by atoms with Gasteiger partial charge in [0.1, 0.15) is 5.69 Å². The fourth-order valence-corrected chi connectivity index (χ4v) is 3.03. The van der Waals surface area contributed by atoms with Crippen molar-refractivity contribution in [1.29, 1.82) is 0 Å². The molecule has 0 saturated heterocycles. The third kappa shape index (κ3) is 4.25. The van der Waals surface area contributed by atoms with Crippen LogP contribution in [0.5, 0.6) is 0 Å². The zero-order valence-electron chi connectivity index (χ0n) is 14.1. The summed E-state index contributed by atoms with van der Waals surface area (Å²) in [5.74, 6) is -0.128. The second-order valence-electron chi connectivity index (χ2n) is 6.05. The first-order chi connectivity index (χ1) is 12.1. The highest BCUT2D eigenvalue weighted by Gasteiger charge is 2.16. The van der Waals surface area contributed by atoms with Crippen LogP contribution in [0.1, 0.15) is 29.4 Å². The van der Waals surface area contributed by atoms with Crippen LogP contribution in [0, 0.1) is 4.77 Å². The molecule has 0 unspecified atom stereocenters. The molecule has 3 rings (SSSR count). The Bertz CT molecular complexity index is 884. The number of benzene rings is 2. The number of amides is 1. The van der Waals surface area contributed by atoms with Crippen molar-refractivity contribution in [2.75, 3.05) is 0 Å². The van der Waals surface area contributed by atoms with Crippen LogP contribution in [0.15, 0.2) is 66.9 Å². The highest BCUT2D eigenvalue weighted by atomic mass is 32.1. The number of nitrogens with one attached hydrogen (secondary N) is 2. The summed E-state index contributed by atoms with van der Waals surface area (Å²) in [6.07, 6.45) is 3.47. The third-order valence-corrected chi connectivity index (χ3v) is 4.41. The number of aromatic amines is 1. The van der Waals surface area contributed by atoms with Gasteiger partial charge in [0, 0.05) is 17.9 Å². The normalized spacial score (nSPS) is 11.9. The molecule has 0 aliphatic rings. The third-order valence-electron chi connectivity index (χ3n) is 4.11. The summed E-state index contributed by atoms with van der Waals surface area (Å²) in [7, 11) is 0. The Balaban J connectivity index is 1.69. The lowest BCUT2D eigenvalue weighted by atomic mass is 10.1. The summed E-state index contributed by atoms with van der Waals surface area (Å²) in [4.78, 5) is 15.6. The van der Waals surface area contributed by atoms with E-state index in [1.54, 1.807) is 10.8 Å². The van der Waals surface area contributed by atoms with Crippen LogP contribution in [0.2, 0.25) is 0 Å². The van der Waals surface area contributed by atoms with Gasteiger partial charge in [-0.15, -0.1) is 0 Å². The van der Waals surface area contributed by atoms with Gasteiger partial charge in [0.15, 0.2) is 4.77 Å². The van der Waals surface area contributed by atoms with Crippen molar-refractivity contribution in [3.8, 4) is 5.69 Å². The van der Waals surface area contributed by atoms with Crippen molar-refractivity contribution in [2.45, 2.75) is 25.8 Å². The van der Waals surface area contributed by atoms with Crippen LogP contribution in [0.4, 0.5) is 0 Å². The van der Waals surface area contributed by atoms with E-state index in [4.69, 9.17) is 12.2 Å². The minimum absolute atomic E-state index is 0.0698. The SMILES string of the molecule is C[C@@H](CCc1ccccc1)NC(=O)c1c[nH]c(=S)n1-c1ccccc1. The molecule has 1 heterocycles. The number of nitrogens with zero attached hydrogens (tertiary/aromatic N) is 1. The number of rotatable bonds is 6. The fourth-order valence-electron chi connectivity index (χ4n) is 2.77. The van der Waals surface area contributed by atoms with Gasteiger partial charge in [-0.3, -0.25) is 9.36 Å². The lowest BCUT2D eigenvalue weighted by Gasteiger charge is -2.15. The fraction of sp³-hybridized carbons (Fsp3) is 0.200. The van der Waals surface area contributed by atoms with E-state index in [1.165, 1.54) is 5.56 Å². The molecule has 2 aromatic carbocycles. The van der Waals surface area contributed by atoms with E-state index in [0.717, 1.165) is 18.5 Å². The summed E-state index contributed by atoms with van der Waals surface area (Å²) in [6.45, 7) is 2.02. The van der Waals surface area contributed by atoms with E-state index in [-0.39, 0.29) is 11.9 Å². The van der Waals surface area contributed by atoms with E-state index in [0.29, 0.717) is 10.5 Å². The maximum absolute atomic E-state index is 12.7. The maximum Gasteiger partial charge on any atom is 0.270 e. The minimum Gasteiger partial charge on any atom is -0.348 e. The first kappa shape index (κ1) is 17.2. The summed E-state index contributed by atoms with van der Waals surface area (Å²) < 4.78 is 2.27. The number of hydrogen-bond donors (Lipinski definition) is 2. The molecule has 2 N–H and O–H groups in total. The Morgan fingerprint density at radius 1 is 1.12 bits per heavy atom. The number of para-hydroxylation sites is 1. The summed E-state index contributed by atoms with van der Waals surface area (Å²) in [5.41, 5.74) is 2.66. The number of carbonyl (C=O) groups is 1. The smallest absolute Gasteiger partial charge is 0.270 e. The average molecular weight is 351 g/mol. The molecule has 0 bridgehead atoms. The van der Waals surface area contributed by atoms with Crippen LogP contribution >= 0.6 is 12.2 Å². The first-order valence-electron chi connectivity index (χ1n) is 8.36. The van der Waals surface area contributed by atoms with E-state index < -0.39 is 0 Å². The average Bonchev–Trinajstić information content (AvgIpc) is 3.03. The molecule has 3 aromatic rings. The number of imidazole rings is 1. The van der Waals surface area contributed by atoms with Crippen LogP contribution < -0.4 is 5.32 Å². The second-order valence-corrected chi connectivity index (χ2v) is 6.44. The molecule has 1 aromatic heterocycles. The van der Waals surface area contributed by atoms with Crippen molar-refractivity contribution >= 4 is 18.1 Å². The number of carbonyl (C=O) groups excluding carboxylic acids is 1. The van der Waals surface area contributed by atoms with Gasteiger partial charge in [-0.2, -0.15) is 0 Å². The molecule has 0 saturated carbocycles. The van der Waals surface area contributed by atoms with Gasteiger partial charge >= 0.3 is 0 Å². The number of aryl methyl sites for hydroxylation is 1. The highest BCUT2D eigenvalue weighted by Crippen LogP contribution is 2.13. The van der Waals surface area contributed by atoms with Gasteiger partial charge in [0.2, 0.25) is 0 Å². The van der Waals surface area contributed by atoms with E-state index in [2.05, 4.69) is 22.4 Å². The van der Waals surface area contributed by atoms with Crippen LogP contribution in [-0.4, -0.2) is 21.5 Å². The lowest BCUT2D eigenvalue weighted by Crippen LogP contribution is -2.34. The second kappa shape index (κ2) is 7.94. The molecule has 5 heteroatoms. The van der Waals surface area contributed by atoms with Gasteiger partial charge in [-0.1, -0.05) is 48.5 Å². The topological polar surface area (TPSA) is 49.8 Å². The Morgan fingerprint density at radius 2 is 1.76 bits per heavy atom. The zero-order chi connectivity index (χ0) is 17.6. The van der Waals surface area contributed by atoms with Crippen LogP contribution in [-0.2, 0) is 6.42 Å². The molecule has 0 spiro atoms. The molecule has 1 atom stereocenters.